The Labute approximate surface area is 163 Å². The fraction of sp³-hybridized carbons (Fsp3) is 0.556. The van der Waals surface area contributed by atoms with E-state index in [1.165, 1.54) is 18.6 Å². The molecule has 0 radical (unpaired) electrons. The van der Waals surface area contributed by atoms with E-state index in [0.29, 0.717) is 24.3 Å². The molecule has 2 aliphatic heterocycles. The highest BCUT2D eigenvalue weighted by Gasteiger charge is 2.35. The number of halogens is 2. The van der Waals surface area contributed by atoms with E-state index in [1.807, 2.05) is 4.90 Å². The Morgan fingerprint density at radius 3 is 2.70 bits per heavy atom. The smallest absolute Gasteiger partial charge is 0.247 e. The molecule has 3 heterocycles. The van der Waals surface area contributed by atoms with Crippen LogP contribution in [0.1, 0.15) is 36.7 Å². The number of amides is 1. The van der Waals surface area contributed by atoms with Crippen LogP contribution in [0.2, 0.25) is 0 Å². The van der Waals surface area contributed by atoms with Crippen LogP contribution in [0.4, 0.5) is 4.39 Å². The maximum atomic E-state index is 13.4. The number of carbonyl (C=O) groups is 1. The van der Waals surface area contributed by atoms with Crippen molar-refractivity contribution in [2.24, 2.45) is 0 Å². The minimum atomic E-state index is -0.521. The Bertz CT molecular complexity index is 782. The number of tetrazole rings is 1. The third kappa shape index (κ3) is 4.27. The van der Waals surface area contributed by atoms with Gasteiger partial charge in [0.1, 0.15) is 17.7 Å². The van der Waals surface area contributed by atoms with Crippen molar-refractivity contribution in [3.05, 3.63) is 41.5 Å². The van der Waals surface area contributed by atoms with E-state index in [-0.39, 0.29) is 24.1 Å². The molecule has 27 heavy (non-hydrogen) atoms. The van der Waals surface area contributed by atoms with E-state index in [4.69, 9.17) is 0 Å². The van der Waals surface area contributed by atoms with Crippen molar-refractivity contribution >= 4 is 18.3 Å². The predicted octanol–water partition coefficient (Wildman–Crippen LogP) is 1.68. The highest BCUT2D eigenvalue weighted by Crippen LogP contribution is 2.24. The first kappa shape index (κ1) is 19.7. The van der Waals surface area contributed by atoms with Gasteiger partial charge in [0.15, 0.2) is 0 Å². The molecule has 1 aromatic heterocycles. The highest BCUT2D eigenvalue weighted by atomic mass is 35.5. The van der Waals surface area contributed by atoms with Gasteiger partial charge in [0.05, 0.1) is 0 Å². The number of aryl methyl sites for hydroxylation is 1. The molecule has 7 nitrogen and oxygen atoms in total. The minimum absolute atomic E-state index is 0. The Hall–Kier alpha value is -2.06. The van der Waals surface area contributed by atoms with E-state index >= 15 is 0 Å². The van der Waals surface area contributed by atoms with Gasteiger partial charge < -0.3 is 10.2 Å². The zero-order chi connectivity index (χ0) is 18.1. The summed E-state index contributed by atoms with van der Waals surface area (Å²) in [6.07, 6.45) is 3.71. The SMILES string of the molecule is Cc1nnnn1C(Cc1ccc(F)cc1)C(=O)N1CCC2CCC(C1)N2.Cl. The first-order valence-corrected chi connectivity index (χ1v) is 9.14. The van der Waals surface area contributed by atoms with E-state index in [2.05, 4.69) is 20.8 Å². The average Bonchev–Trinajstić information content (AvgIpc) is 3.19. The van der Waals surface area contributed by atoms with Crippen LogP contribution in [0.5, 0.6) is 0 Å². The maximum absolute atomic E-state index is 13.4. The van der Waals surface area contributed by atoms with Crippen LogP contribution in [-0.2, 0) is 11.2 Å². The van der Waals surface area contributed by atoms with Crippen molar-refractivity contribution in [2.75, 3.05) is 13.1 Å². The van der Waals surface area contributed by atoms with Crippen LogP contribution < -0.4 is 5.32 Å². The lowest BCUT2D eigenvalue weighted by Crippen LogP contribution is -2.43. The molecule has 2 aromatic rings. The van der Waals surface area contributed by atoms with Gasteiger partial charge in [-0.05, 0) is 54.3 Å². The largest absolute Gasteiger partial charge is 0.339 e. The summed E-state index contributed by atoms with van der Waals surface area (Å²) < 4.78 is 14.8. The van der Waals surface area contributed by atoms with Gasteiger partial charge in [0.25, 0.3) is 0 Å². The summed E-state index contributed by atoms with van der Waals surface area (Å²) in [6, 6.07) is 6.61. The molecule has 0 aliphatic carbocycles. The van der Waals surface area contributed by atoms with Crippen molar-refractivity contribution in [3.63, 3.8) is 0 Å². The molecule has 1 N–H and O–H groups in total. The monoisotopic (exact) mass is 394 g/mol. The quantitative estimate of drug-likeness (QED) is 0.853. The summed E-state index contributed by atoms with van der Waals surface area (Å²) in [5, 5.41) is 15.3. The Morgan fingerprint density at radius 1 is 1.26 bits per heavy atom. The van der Waals surface area contributed by atoms with E-state index in [9.17, 15) is 9.18 Å². The van der Waals surface area contributed by atoms with E-state index in [1.54, 1.807) is 23.7 Å². The fourth-order valence-electron chi connectivity index (χ4n) is 4.00. The molecular formula is C18H24ClFN6O. The molecule has 0 spiro atoms. The summed E-state index contributed by atoms with van der Waals surface area (Å²) >= 11 is 0. The van der Waals surface area contributed by atoms with Gasteiger partial charge in [-0.3, -0.25) is 4.79 Å². The Balaban J connectivity index is 0.00000210. The van der Waals surface area contributed by atoms with Gasteiger partial charge in [-0.1, -0.05) is 12.1 Å². The fourth-order valence-corrected chi connectivity index (χ4v) is 4.00. The number of likely N-dealkylation sites (tertiary alicyclic amines) is 1. The molecule has 1 amide bonds. The molecule has 4 rings (SSSR count). The van der Waals surface area contributed by atoms with E-state index in [0.717, 1.165) is 31.5 Å². The lowest BCUT2D eigenvalue weighted by atomic mass is 10.0. The number of nitrogens with one attached hydrogen (secondary N) is 1. The van der Waals surface area contributed by atoms with Gasteiger partial charge in [-0.25, -0.2) is 9.07 Å². The van der Waals surface area contributed by atoms with Gasteiger partial charge in [0, 0.05) is 31.6 Å². The number of fused-ring (bicyclic) bond motifs is 2. The average molecular weight is 395 g/mol. The third-order valence-corrected chi connectivity index (χ3v) is 5.41. The van der Waals surface area contributed by atoms with Crippen molar-refractivity contribution in [1.29, 1.82) is 0 Å². The maximum Gasteiger partial charge on any atom is 0.247 e. The predicted molar refractivity (Wildman–Crippen MR) is 100 cm³/mol. The molecule has 0 saturated carbocycles. The van der Waals surface area contributed by atoms with Gasteiger partial charge >= 0.3 is 0 Å². The van der Waals surface area contributed by atoms with Crippen LogP contribution in [0, 0.1) is 12.7 Å². The van der Waals surface area contributed by atoms with Crippen molar-refractivity contribution in [3.8, 4) is 0 Å². The normalized spacial score (nSPS) is 22.8. The number of hydrogen-bond donors (Lipinski definition) is 1. The molecule has 9 heteroatoms. The number of rotatable bonds is 4. The van der Waals surface area contributed by atoms with Crippen molar-refractivity contribution < 1.29 is 9.18 Å². The van der Waals surface area contributed by atoms with Crippen molar-refractivity contribution in [1.82, 2.24) is 30.4 Å². The first-order valence-electron chi connectivity index (χ1n) is 9.14. The standard InChI is InChI=1S/C18H23FN6O.ClH/c1-12-21-22-23-25(12)17(10-13-2-4-14(19)5-3-13)18(26)24-9-8-15-6-7-16(11-24)20-15;/h2-5,15-17,20H,6-11H2,1H3;1H. The molecule has 2 bridgehead atoms. The van der Waals surface area contributed by atoms with Gasteiger partial charge in [0.2, 0.25) is 5.91 Å². The number of carbonyl (C=O) groups excluding carboxylic acids is 1. The summed E-state index contributed by atoms with van der Waals surface area (Å²) in [7, 11) is 0. The summed E-state index contributed by atoms with van der Waals surface area (Å²) in [5.41, 5.74) is 0.883. The first-order chi connectivity index (χ1) is 12.6. The van der Waals surface area contributed by atoms with Crippen LogP contribution in [0.15, 0.2) is 24.3 Å². The highest BCUT2D eigenvalue weighted by molar-refractivity contribution is 5.85. The minimum Gasteiger partial charge on any atom is -0.339 e. The second-order valence-corrected chi connectivity index (χ2v) is 7.23. The summed E-state index contributed by atoms with van der Waals surface area (Å²) in [4.78, 5) is 15.3. The van der Waals surface area contributed by atoms with Crippen LogP contribution >= 0.6 is 12.4 Å². The zero-order valence-corrected chi connectivity index (χ0v) is 16.0. The lowest BCUT2D eigenvalue weighted by Gasteiger charge is -2.28. The lowest BCUT2D eigenvalue weighted by molar-refractivity contribution is -0.135. The Morgan fingerprint density at radius 2 is 2.00 bits per heavy atom. The molecular weight excluding hydrogens is 371 g/mol. The van der Waals surface area contributed by atoms with E-state index < -0.39 is 6.04 Å². The second kappa shape index (κ2) is 8.31. The van der Waals surface area contributed by atoms with Crippen LogP contribution in [-0.4, -0.2) is 56.2 Å². The molecule has 1 aromatic carbocycles. The molecule has 3 unspecified atom stereocenters. The summed E-state index contributed by atoms with van der Waals surface area (Å²) in [6.45, 7) is 3.25. The molecule has 3 atom stereocenters. The number of aromatic nitrogens is 4. The Kier molecular flexibility index (Phi) is 6.06. The van der Waals surface area contributed by atoms with Crippen LogP contribution in [0.3, 0.4) is 0 Å². The topological polar surface area (TPSA) is 75.9 Å². The zero-order valence-electron chi connectivity index (χ0n) is 15.2. The second-order valence-electron chi connectivity index (χ2n) is 7.23. The number of nitrogens with zero attached hydrogens (tertiary/aromatic N) is 5. The molecule has 146 valence electrons. The third-order valence-electron chi connectivity index (χ3n) is 5.41. The van der Waals surface area contributed by atoms with Gasteiger partial charge in [-0.15, -0.1) is 17.5 Å². The molecule has 2 saturated heterocycles. The van der Waals surface area contributed by atoms with Crippen LogP contribution in [0.25, 0.3) is 0 Å². The van der Waals surface area contributed by atoms with Gasteiger partial charge in [-0.2, -0.15) is 0 Å². The summed E-state index contributed by atoms with van der Waals surface area (Å²) in [5.74, 6) is 0.337. The van der Waals surface area contributed by atoms with Crippen molar-refractivity contribution in [2.45, 2.75) is 50.7 Å². The number of benzene rings is 1. The molecule has 2 fully saturated rings. The number of hydrogen-bond acceptors (Lipinski definition) is 5. The molecule has 2 aliphatic rings.